The number of sulfonamides is 1. The van der Waals surface area contributed by atoms with Gasteiger partial charge in [-0.2, -0.15) is 4.31 Å². The van der Waals surface area contributed by atoms with Crippen molar-refractivity contribution in [3.8, 4) is 0 Å². The summed E-state index contributed by atoms with van der Waals surface area (Å²) in [4.78, 5) is 18.4. The van der Waals surface area contributed by atoms with Crippen molar-refractivity contribution < 1.29 is 22.0 Å². The Balaban J connectivity index is 1.38. The summed E-state index contributed by atoms with van der Waals surface area (Å²) in [6.45, 7) is 0.253. The van der Waals surface area contributed by atoms with Gasteiger partial charge in [-0.05, 0) is 72.9 Å². The lowest BCUT2D eigenvalue weighted by Crippen LogP contribution is -2.44. The van der Waals surface area contributed by atoms with E-state index in [1.807, 2.05) is 30.5 Å². The van der Waals surface area contributed by atoms with Crippen LogP contribution >= 0.6 is 0 Å². The molecule has 4 aromatic rings. The fourth-order valence-electron chi connectivity index (χ4n) is 4.44. The molecule has 1 amide bonds. The van der Waals surface area contributed by atoms with E-state index in [1.54, 1.807) is 17.0 Å². The van der Waals surface area contributed by atoms with Crippen LogP contribution < -0.4 is 0 Å². The van der Waals surface area contributed by atoms with Gasteiger partial charge in [-0.1, -0.05) is 30.3 Å². The second kappa shape index (κ2) is 10.4. The van der Waals surface area contributed by atoms with E-state index in [0.29, 0.717) is 25.8 Å². The van der Waals surface area contributed by atoms with Gasteiger partial charge < -0.3 is 9.88 Å². The summed E-state index contributed by atoms with van der Waals surface area (Å²) in [6, 6.07) is 18.2. The molecule has 37 heavy (non-hydrogen) atoms. The van der Waals surface area contributed by atoms with Gasteiger partial charge in [0.2, 0.25) is 15.9 Å². The molecule has 1 aliphatic carbocycles. The van der Waals surface area contributed by atoms with Crippen LogP contribution in [0.1, 0.15) is 24.0 Å². The summed E-state index contributed by atoms with van der Waals surface area (Å²) >= 11 is 0. The predicted molar refractivity (Wildman–Crippen MR) is 137 cm³/mol. The highest BCUT2D eigenvalue weighted by molar-refractivity contribution is 7.89. The summed E-state index contributed by atoms with van der Waals surface area (Å²) in [5.41, 5.74) is 2.79. The van der Waals surface area contributed by atoms with E-state index >= 15 is 0 Å². The molecular weight excluding hydrogens is 496 g/mol. The number of aromatic nitrogens is 1. The smallest absolute Gasteiger partial charge is 0.243 e. The number of fused-ring (bicyclic) bond motifs is 1. The van der Waals surface area contributed by atoms with E-state index < -0.39 is 15.8 Å². The van der Waals surface area contributed by atoms with Crippen LogP contribution in [-0.2, 0) is 27.8 Å². The molecule has 0 unspecified atom stereocenters. The van der Waals surface area contributed by atoms with Gasteiger partial charge in [0.05, 0.1) is 11.4 Å². The third kappa shape index (κ3) is 5.73. The number of aromatic amines is 1. The highest BCUT2D eigenvalue weighted by Gasteiger charge is 2.40. The van der Waals surface area contributed by atoms with Gasteiger partial charge in [0.15, 0.2) is 0 Å². The lowest BCUT2D eigenvalue weighted by atomic mass is 10.1. The highest BCUT2D eigenvalue weighted by Crippen LogP contribution is 2.32. The van der Waals surface area contributed by atoms with Gasteiger partial charge in [-0.3, -0.25) is 4.79 Å². The van der Waals surface area contributed by atoms with Gasteiger partial charge in [0, 0.05) is 36.2 Å². The second-order valence-corrected chi connectivity index (χ2v) is 11.2. The number of halogens is 2. The summed E-state index contributed by atoms with van der Waals surface area (Å²) in [5.74, 6) is -1.25. The third-order valence-corrected chi connectivity index (χ3v) is 8.54. The SMILES string of the molecule is O=C(CN(C1CC1)S(=O)(=O)c1ccc(F)cc1)N(CCc1c[nH]c2ccccc12)Cc1ccc(F)cc1. The Labute approximate surface area is 214 Å². The van der Waals surface area contributed by atoms with Crippen LogP contribution in [0.3, 0.4) is 0 Å². The van der Waals surface area contributed by atoms with Crippen LogP contribution in [0.5, 0.6) is 0 Å². The molecule has 1 fully saturated rings. The summed E-state index contributed by atoms with van der Waals surface area (Å²) < 4.78 is 54.8. The average molecular weight is 524 g/mol. The standard InChI is InChI=1S/C28H27F2N3O3S/c29-22-7-5-20(6-8-22)18-32(16-15-21-17-31-27-4-2-1-3-26(21)27)28(34)19-33(24-11-12-24)37(35,36)25-13-9-23(30)10-14-25/h1-10,13-14,17,24,31H,11-12,15-16,18-19H2. The zero-order chi connectivity index (χ0) is 26.0. The maximum Gasteiger partial charge on any atom is 0.243 e. The Morgan fingerprint density at radius 1 is 0.919 bits per heavy atom. The molecule has 0 bridgehead atoms. The Hall–Kier alpha value is -3.56. The minimum absolute atomic E-state index is 0.0440. The van der Waals surface area contributed by atoms with E-state index in [0.717, 1.165) is 34.2 Å². The number of benzene rings is 3. The van der Waals surface area contributed by atoms with Crippen LogP contribution in [-0.4, -0.2) is 47.6 Å². The molecule has 3 aromatic carbocycles. The number of carbonyl (C=O) groups excluding carboxylic acids is 1. The number of rotatable bonds is 10. The van der Waals surface area contributed by atoms with Crippen molar-refractivity contribution >= 4 is 26.8 Å². The second-order valence-electron chi connectivity index (χ2n) is 9.29. The fourth-order valence-corrected chi connectivity index (χ4v) is 6.08. The van der Waals surface area contributed by atoms with Crippen LogP contribution in [0.4, 0.5) is 8.78 Å². The molecule has 1 aromatic heterocycles. The largest absolute Gasteiger partial charge is 0.361 e. The van der Waals surface area contributed by atoms with E-state index in [4.69, 9.17) is 0 Å². The number of carbonyl (C=O) groups is 1. The number of hydrogen-bond acceptors (Lipinski definition) is 3. The van der Waals surface area contributed by atoms with Crippen molar-refractivity contribution in [3.63, 3.8) is 0 Å². The van der Waals surface area contributed by atoms with Crippen molar-refractivity contribution in [3.05, 3.63) is 102 Å². The van der Waals surface area contributed by atoms with Crippen molar-refractivity contribution in [2.24, 2.45) is 0 Å². The minimum Gasteiger partial charge on any atom is -0.361 e. The van der Waals surface area contributed by atoms with Crippen molar-refractivity contribution in [2.75, 3.05) is 13.1 Å². The number of nitrogens with zero attached hydrogens (tertiary/aromatic N) is 2. The summed E-state index contributed by atoms with van der Waals surface area (Å²) in [6.07, 6.45) is 3.81. The van der Waals surface area contributed by atoms with Gasteiger partial charge in [-0.15, -0.1) is 0 Å². The predicted octanol–water partition coefficient (Wildman–Crippen LogP) is 4.87. The van der Waals surface area contributed by atoms with E-state index in [9.17, 15) is 22.0 Å². The first-order chi connectivity index (χ1) is 17.8. The Kier molecular flexibility index (Phi) is 7.08. The quantitative estimate of drug-likeness (QED) is 0.322. The Morgan fingerprint density at radius 2 is 1.57 bits per heavy atom. The third-order valence-electron chi connectivity index (χ3n) is 6.63. The molecule has 1 aliphatic rings. The highest BCUT2D eigenvalue weighted by atomic mass is 32.2. The van der Waals surface area contributed by atoms with Gasteiger partial charge >= 0.3 is 0 Å². The molecule has 0 atom stereocenters. The molecule has 9 heteroatoms. The first-order valence-electron chi connectivity index (χ1n) is 12.2. The number of hydrogen-bond donors (Lipinski definition) is 1. The Bertz CT molecular complexity index is 1500. The van der Waals surface area contributed by atoms with E-state index in [2.05, 4.69) is 4.98 Å². The lowest BCUT2D eigenvalue weighted by molar-refractivity contribution is -0.132. The van der Waals surface area contributed by atoms with Crippen molar-refractivity contribution in [1.82, 2.24) is 14.2 Å². The molecule has 0 radical (unpaired) electrons. The minimum atomic E-state index is -3.98. The number of H-pyrrole nitrogens is 1. The fraction of sp³-hybridized carbons (Fsp3) is 0.250. The molecule has 0 spiro atoms. The molecule has 5 rings (SSSR count). The summed E-state index contributed by atoms with van der Waals surface area (Å²) in [7, 11) is -3.98. The molecule has 6 nitrogen and oxygen atoms in total. The van der Waals surface area contributed by atoms with Gasteiger partial charge in [0.1, 0.15) is 11.6 Å². The first kappa shape index (κ1) is 25.1. The monoisotopic (exact) mass is 523 g/mol. The number of amides is 1. The molecular formula is C28H27F2N3O3S. The van der Waals surface area contributed by atoms with Crippen molar-refractivity contribution in [1.29, 1.82) is 0 Å². The van der Waals surface area contributed by atoms with E-state index in [1.165, 1.54) is 28.6 Å². The van der Waals surface area contributed by atoms with Crippen LogP contribution in [0.25, 0.3) is 10.9 Å². The van der Waals surface area contributed by atoms with Crippen molar-refractivity contribution in [2.45, 2.75) is 36.7 Å². The molecule has 1 heterocycles. The molecule has 1 saturated carbocycles. The van der Waals surface area contributed by atoms with Gasteiger partial charge in [-0.25, -0.2) is 17.2 Å². The average Bonchev–Trinajstić information content (AvgIpc) is 3.65. The van der Waals surface area contributed by atoms with Crippen LogP contribution in [0, 0.1) is 11.6 Å². The maximum absolute atomic E-state index is 13.6. The van der Waals surface area contributed by atoms with Crippen LogP contribution in [0.15, 0.2) is 83.9 Å². The zero-order valence-electron chi connectivity index (χ0n) is 20.1. The van der Waals surface area contributed by atoms with E-state index in [-0.39, 0.29) is 35.8 Å². The first-order valence-corrected chi connectivity index (χ1v) is 13.6. The van der Waals surface area contributed by atoms with Gasteiger partial charge in [0.25, 0.3) is 0 Å². The normalized spacial score (nSPS) is 13.8. The van der Waals surface area contributed by atoms with Crippen LogP contribution in [0.2, 0.25) is 0 Å². The Morgan fingerprint density at radius 3 is 2.24 bits per heavy atom. The molecule has 0 aliphatic heterocycles. The summed E-state index contributed by atoms with van der Waals surface area (Å²) in [5, 5.41) is 1.06. The number of nitrogens with one attached hydrogen (secondary N) is 1. The molecule has 1 N–H and O–H groups in total. The topological polar surface area (TPSA) is 73.5 Å². The maximum atomic E-state index is 13.6. The zero-order valence-corrected chi connectivity index (χ0v) is 20.9. The lowest BCUT2D eigenvalue weighted by Gasteiger charge is -2.27. The molecule has 0 saturated heterocycles. The molecule has 192 valence electrons. The number of para-hydroxylation sites is 1.